The number of aromatic amines is 1. The molecule has 4 rings (SSSR count). The third-order valence-corrected chi connectivity index (χ3v) is 4.40. The molecule has 0 aliphatic heterocycles. The SMILES string of the molecule is COc1cc(/C=N\n2c(-c3ccco3)n[nH]c2=S)ccc1OCc1ccccc1. The molecule has 2 aromatic heterocycles. The van der Waals surface area contributed by atoms with E-state index in [0.717, 1.165) is 11.1 Å². The summed E-state index contributed by atoms with van der Waals surface area (Å²) in [5, 5.41) is 11.3. The van der Waals surface area contributed by atoms with Crippen LogP contribution < -0.4 is 9.47 Å². The Balaban J connectivity index is 1.54. The molecule has 0 fully saturated rings. The van der Waals surface area contributed by atoms with Crippen molar-refractivity contribution in [2.75, 3.05) is 7.11 Å². The van der Waals surface area contributed by atoms with Crippen LogP contribution in [-0.4, -0.2) is 28.2 Å². The van der Waals surface area contributed by atoms with Crippen LogP contribution in [0.5, 0.6) is 11.5 Å². The predicted molar refractivity (Wildman–Crippen MR) is 112 cm³/mol. The molecule has 2 heterocycles. The van der Waals surface area contributed by atoms with E-state index in [4.69, 9.17) is 26.1 Å². The van der Waals surface area contributed by atoms with Gasteiger partial charge >= 0.3 is 0 Å². The zero-order valence-corrected chi connectivity index (χ0v) is 16.4. The van der Waals surface area contributed by atoms with Crippen molar-refractivity contribution < 1.29 is 13.9 Å². The number of hydrogen-bond donors (Lipinski definition) is 1. The van der Waals surface area contributed by atoms with Crippen LogP contribution >= 0.6 is 12.2 Å². The summed E-state index contributed by atoms with van der Waals surface area (Å²) in [6.07, 6.45) is 3.24. The minimum absolute atomic E-state index is 0.363. The molecule has 0 aliphatic rings. The van der Waals surface area contributed by atoms with E-state index in [9.17, 15) is 0 Å². The molecule has 0 bridgehead atoms. The number of hydrogen-bond acceptors (Lipinski definition) is 6. The Bertz CT molecular complexity index is 1160. The van der Waals surface area contributed by atoms with Gasteiger partial charge in [-0.15, -0.1) is 5.10 Å². The van der Waals surface area contributed by atoms with Gasteiger partial charge in [0.15, 0.2) is 17.3 Å². The lowest BCUT2D eigenvalue weighted by Crippen LogP contribution is -1.99. The number of rotatable bonds is 7. The van der Waals surface area contributed by atoms with E-state index in [1.807, 2.05) is 48.5 Å². The van der Waals surface area contributed by atoms with E-state index in [-0.39, 0.29) is 0 Å². The monoisotopic (exact) mass is 406 g/mol. The number of H-pyrrole nitrogens is 1. The first-order chi connectivity index (χ1) is 14.2. The van der Waals surface area contributed by atoms with Crippen molar-refractivity contribution in [2.24, 2.45) is 5.10 Å². The Kier molecular flexibility index (Phi) is 5.53. The molecule has 0 atom stereocenters. The minimum Gasteiger partial charge on any atom is -0.493 e. The van der Waals surface area contributed by atoms with Crippen molar-refractivity contribution in [3.05, 3.63) is 82.8 Å². The highest BCUT2D eigenvalue weighted by Gasteiger charge is 2.11. The summed E-state index contributed by atoms with van der Waals surface area (Å²) in [5.41, 5.74) is 1.90. The molecule has 0 amide bonds. The standard InChI is InChI=1S/C21H18N4O3S/c1-26-19-12-16(9-10-17(19)28-14-15-6-3-2-4-7-15)13-22-25-20(23-24-21(25)29)18-8-5-11-27-18/h2-13H,14H2,1H3,(H,24,29)/b22-13-. The van der Waals surface area contributed by atoms with Gasteiger partial charge in [0.25, 0.3) is 0 Å². The van der Waals surface area contributed by atoms with Gasteiger partial charge in [-0.05, 0) is 53.7 Å². The van der Waals surface area contributed by atoms with Crippen LogP contribution in [0.15, 0.2) is 76.4 Å². The minimum atomic E-state index is 0.363. The van der Waals surface area contributed by atoms with Crippen LogP contribution in [0.4, 0.5) is 0 Å². The topological polar surface area (TPSA) is 77.6 Å². The Morgan fingerprint density at radius 3 is 2.76 bits per heavy atom. The van der Waals surface area contributed by atoms with Crippen LogP contribution in [0.25, 0.3) is 11.6 Å². The molecule has 0 aliphatic carbocycles. The van der Waals surface area contributed by atoms with Crippen LogP contribution in [0.3, 0.4) is 0 Å². The Morgan fingerprint density at radius 2 is 2.00 bits per heavy atom. The molecule has 0 saturated heterocycles. The van der Waals surface area contributed by atoms with Crippen molar-refractivity contribution in [3.63, 3.8) is 0 Å². The molecule has 7 nitrogen and oxygen atoms in total. The maximum Gasteiger partial charge on any atom is 0.219 e. The average molecular weight is 406 g/mol. The molecule has 4 aromatic rings. The largest absolute Gasteiger partial charge is 0.493 e. The Morgan fingerprint density at radius 1 is 1.14 bits per heavy atom. The summed E-state index contributed by atoms with van der Waals surface area (Å²) in [6, 6.07) is 19.1. The number of nitrogens with zero attached hydrogens (tertiary/aromatic N) is 3. The van der Waals surface area contributed by atoms with Gasteiger partial charge in [0.2, 0.25) is 10.6 Å². The van der Waals surface area contributed by atoms with E-state index in [1.54, 1.807) is 31.7 Å². The van der Waals surface area contributed by atoms with E-state index in [0.29, 0.717) is 34.5 Å². The Hall–Kier alpha value is -3.65. The maximum absolute atomic E-state index is 5.89. The van der Waals surface area contributed by atoms with E-state index in [2.05, 4.69) is 15.3 Å². The molecule has 2 aromatic carbocycles. The summed E-state index contributed by atoms with van der Waals surface area (Å²) in [4.78, 5) is 0. The summed E-state index contributed by atoms with van der Waals surface area (Å²) < 4.78 is 18.6. The third-order valence-electron chi connectivity index (χ3n) is 4.14. The number of methoxy groups -OCH3 is 1. The van der Waals surface area contributed by atoms with Gasteiger partial charge in [0, 0.05) is 0 Å². The second kappa shape index (κ2) is 8.57. The van der Waals surface area contributed by atoms with Crippen molar-refractivity contribution in [1.82, 2.24) is 14.9 Å². The summed E-state index contributed by atoms with van der Waals surface area (Å²) >= 11 is 5.26. The second-order valence-electron chi connectivity index (χ2n) is 6.07. The molecule has 29 heavy (non-hydrogen) atoms. The Labute approximate surface area is 172 Å². The van der Waals surface area contributed by atoms with E-state index < -0.39 is 0 Å². The van der Waals surface area contributed by atoms with Crippen LogP contribution in [-0.2, 0) is 6.61 Å². The molecule has 0 radical (unpaired) electrons. The molecule has 0 unspecified atom stereocenters. The number of ether oxygens (including phenoxy) is 2. The lowest BCUT2D eigenvalue weighted by molar-refractivity contribution is 0.284. The van der Waals surface area contributed by atoms with Crippen LogP contribution in [0.1, 0.15) is 11.1 Å². The fourth-order valence-corrected chi connectivity index (χ4v) is 2.89. The lowest BCUT2D eigenvalue weighted by atomic mass is 10.2. The number of aromatic nitrogens is 3. The average Bonchev–Trinajstić information content (AvgIpc) is 3.41. The fraction of sp³-hybridized carbons (Fsp3) is 0.0952. The number of furan rings is 1. The van der Waals surface area contributed by atoms with Gasteiger partial charge in [0.05, 0.1) is 19.6 Å². The van der Waals surface area contributed by atoms with E-state index >= 15 is 0 Å². The van der Waals surface area contributed by atoms with Gasteiger partial charge in [0.1, 0.15) is 6.61 Å². The van der Waals surface area contributed by atoms with Gasteiger partial charge < -0.3 is 13.9 Å². The molecule has 1 N–H and O–H groups in total. The molecule has 146 valence electrons. The first kappa shape index (κ1) is 18.7. The highest BCUT2D eigenvalue weighted by atomic mass is 32.1. The van der Waals surface area contributed by atoms with Crippen LogP contribution in [0.2, 0.25) is 0 Å². The van der Waals surface area contributed by atoms with Crippen molar-refractivity contribution in [2.45, 2.75) is 6.61 Å². The normalized spacial score (nSPS) is 11.1. The highest BCUT2D eigenvalue weighted by Crippen LogP contribution is 2.28. The number of benzene rings is 2. The molecule has 0 spiro atoms. The first-order valence-corrected chi connectivity index (χ1v) is 9.26. The maximum atomic E-state index is 5.89. The smallest absolute Gasteiger partial charge is 0.219 e. The second-order valence-corrected chi connectivity index (χ2v) is 6.46. The molecular formula is C21H18N4O3S. The number of nitrogens with one attached hydrogen (secondary N) is 1. The van der Waals surface area contributed by atoms with E-state index in [1.165, 1.54) is 4.68 Å². The van der Waals surface area contributed by atoms with Crippen LogP contribution in [0, 0.1) is 4.77 Å². The molecular weight excluding hydrogens is 388 g/mol. The van der Waals surface area contributed by atoms with Gasteiger partial charge in [-0.1, -0.05) is 30.3 Å². The zero-order valence-electron chi connectivity index (χ0n) is 15.6. The van der Waals surface area contributed by atoms with Gasteiger partial charge in [-0.2, -0.15) is 9.78 Å². The van der Waals surface area contributed by atoms with Gasteiger partial charge in [-0.3, -0.25) is 0 Å². The highest BCUT2D eigenvalue weighted by molar-refractivity contribution is 7.71. The van der Waals surface area contributed by atoms with Crippen molar-refractivity contribution in [1.29, 1.82) is 0 Å². The fourth-order valence-electron chi connectivity index (χ4n) is 2.71. The molecule has 8 heteroatoms. The van der Waals surface area contributed by atoms with Crippen molar-refractivity contribution >= 4 is 18.4 Å². The van der Waals surface area contributed by atoms with Gasteiger partial charge in [-0.25, -0.2) is 5.10 Å². The third kappa shape index (κ3) is 4.27. The summed E-state index contributed by atoms with van der Waals surface area (Å²) in [6.45, 7) is 0.460. The zero-order chi connectivity index (χ0) is 20.1. The lowest BCUT2D eigenvalue weighted by Gasteiger charge is -2.11. The molecule has 0 saturated carbocycles. The summed E-state index contributed by atoms with van der Waals surface area (Å²) in [5.74, 6) is 2.33. The van der Waals surface area contributed by atoms with Crippen molar-refractivity contribution in [3.8, 4) is 23.1 Å². The predicted octanol–water partition coefficient (Wildman–Crippen LogP) is 4.67. The summed E-state index contributed by atoms with van der Waals surface area (Å²) in [7, 11) is 1.60. The quantitative estimate of drug-likeness (QED) is 0.356. The first-order valence-electron chi connectivity index (χ1n) is 8.85.